The Balaban J connectivity index is 1.19. The molecule has 0 saturated carbocycles. The molecule has 0 radical (unpaired) electrons. The monoisotopic (exact) mass is 446 g/mol. The van der Waals surface area contributed by atoms with Crippen LogP contribution in [0, 0.1) is 6.92 Å². The third-order valence-corrected chi connectivity index (χ3v) is 6.35. The minimum atomic E-state index is -0.120. The predicted molar refractivity (Wildman–Crippen MR) is 125 cm³/mol. The fourth-order valence-electron chi connectivity index (χ4n) is 3.90. The Hall–Kier alpha value is -3.52. The van der Waals surface area contributed by atoms with Crippen LogP contribution in [0.3, 0.4) is 0 Å². The van der Waals surface area contributed by atoms with Crippen molar-refractivity contribution < 1.29 is 9.53 Å². The number of nitrogens with zero attached hydrogens (tertiary/aromatic N) is 3. The van der Waals surface area contributed by atoms with Crippen LogP contribution in [0.1, 0.15) is 24.0 Å². The molecule has 1 aliphatic rings. The Labute approximate surface area is 188 Å². The summed E-state index contributed by atoms with van der Waals surface area (Å²) in [5.74, 6) is 0.819. The maximum Gasteiger partial charge on any atom is 0.261 e. The highest BCUT2D eigenvalue weighted by Gasteiger charge is 2.14. The number of amides is 1. The molecular formula is C24H22N4O3S. The molecule has 0 fully saturated rings. The van der Waals surface area contributed by atoms with Crippen molar-refractivity contribution in [1.29, 1.82) is 0 Å². The molecule has 8 heteroatoms. The molecule has 2 aromatic carbocycles. The smallest absolute Gasteiger partial charge is 0.261 e. The summed E-state index contributed by atoms with van der Waals surface area (Å²) in [6.07, 6.45) is 3.30. The summed E-state index contributed by atoms with van der Waals surface area (Å²) < 4.78 is 7.11. The molecule has 162 valence electrons. The second-order valence-corrected chi connectivity index (χ2v) is 8.68. The number of para-hydroxylation sites is 1. The lowest BCUT2D eigenvalue weighted by Crippen LogP contribution is -2.22. The number of benzene rings is 2. The molecule has 3 heterocycles. The molecule has 5 rings (SSSR count). The van der Waals surface area contributed by atoms with Gasteiger partial charge in [0.25, 0.3) is 5.56 Å². The van der Waals surface area contributed by atoms with Gasteiger partial charge in [-0.15, -0.1) is 11.3 Å². The lowest BCUT2D eigenvalue weighted by atomic mass is 10.1. The molecule has 0 aliphatic carbocycles. The third kappa shape index (κ3) is 4.01. The van der Waals surface area contributed by atoms with E-state index < -0.39 is 0 Å². The van der Waals surface area contributed by atoms with Gasteiger partial charge < -0.3 is 10.1 Å². The van der Waals surface area contributed by atoms with Crippen LogP contribution >= 0.6 is 11.3 Å². The first-order chi connectivity index (χ1) is 15.6. The van der Waals surface area contributed by atoms with Gasteiger partial charge in [-0.05, 0) is 48.7 Å². The van der Waals surface area contributed by atoms with Crippen LogP contribution < -0.4 is 15.6 Å². The molecule has 2 aromatic heterocycles. The average molecular weight is 447 g/mol. The number of thiazole rings is 1. The van der Waals surface area contributed by atoms with E-state index >= 15 is 0 Å². The van der Waals surface area contributed by atoms with E-state index in [9.17, 15) is 9.59 Å². The van der Waals surface area contributed by atoms with E-state index in [1.165, 1.54) is 16.9 Å². The molecule has 32 heavy (non-hydrogen) atoms. The van der Waals surface area contributed by atoms with Crippen molar-refractivity contribution in [3.8, 4) is 17.0 Å². The van der Waals surface area contributed by atoms with Gasteiger partial charge in [-0.1, -0.05) is 12.1 Å². The second kappa shape index (κ2) is 8.55. The van der Waals surface area contributed by atoms with E-state index in [2.05, 4.69) is 21.4 Å². The molecular weight excluding hydrogens is 424 g/mol. The minimum Gasteiger partial charge on any atom is -0.493 e. The highest BCUT2D eigenvalue weighted by Crippen LogP contribution is 2.32. The van der Waals surface area contributed by atoms with E-state index in [1.54, 1.807) is 17.0 Å². The minimum absolute atomic E-state index is 0.0802. The Kier molecular flexibility index (Phi) is 5.45. The van der Waals surface area contributed by atoms with Gasteiger partial charge in [-0.3, -0.25) is 14.2 Å². The largest absolute Gasteiger partial charge is 0.493 e. The lowest BCUT2D eigenvalue weighted by molar-refractivity contribution is -0.116. The Morgan fingerprint density at radius 3 is 3.09 bits per heavy atom. The number of ether oxygens (including phenoxy) is 1. The van der Waals surface area contributed by atoms with Gasteiger partial charge in [0.05, 0.1) is 29.5 Å². The Morgan fingerprint density at radius 1 is 1.28 bits per heavy atom. The number of aryl methyl sites for hydroxylation is 2. The van der Waals surface area contributed by atoms with Crippen LogP contribution in [0.2, 0.25) is 0 Å². The summed E-state index contributed by atoms with van der Waals surface area (Å²) in [7, 11) is 0. The number of fused-ring (bicyclic) bond motifs is 2. The third-order valence-electron chi connectivity index (χ3n) is 5.59. The van der Waals surface area contributed by atoms with Gasteiger partial charge in [0.2, 0.25) is 5.91 Å². The summed E-state index contributed by atoms with van der Waals surface area (Å²) in [6.45, 7) is 3.09. The first-order valence-corrected chi connectivity index (χ1v) is 11.4. The highest BCUT2D eigenvalue weighted by molar-refractivity contribution is 7.14. The van der Waals surface area contributed by atoms with Crippen molar-refractivity contribution in [2.75, 3.05) is 11.9 Å². The molecule has 0 spiro atoms. The molecule has 1 amide bonds. The quantitative estimate of drug-likeness (QED) is 0.480. The van der Waals surface area contributed by atoms with Crippen LogP contribution in [-0.2, 0) is 17.8 Å². The number of anilines is 1. The Bertz CT molecular complexity index is 1380. The van der Waals surface area contributed by atoms with Crippen molar-refractivity contribution >= 4 is 33.3 Å². The van der Waals surface area contributed by atoms with Crippen molar-refractivity contribution in [3.63, 3.8) is 0 Å². The maximum atomic E-state index is 12.7. The zero-order chi connectivity index (χ0) is 22.1. The number of rotatable bonds is 6. The molecule has 7 nitrogen and oxygen atoms in total. The zero-order valence-electron chi connectivity index (χ0n) is 17.6. The average Bonchev–Trinajstić information content (AvgIpc) is 3.44. The molecule has 4 aromatic rings. The topological polar surface area (TPSA) is 86.1 Å². The highest BCUT2D eigenvalue weighted by atomic mass is 32.1. The number of hydrogen-bond donors (Lipinski definition) is 1. The SMILES string of the molecule is Cc1cccc2c(=O)n(CCCC(=O)Nc3nc(-c4ccc5c(c4)CCO5)cs3)cnc12. The van der Waals surface area contributed by atoms with Crippen molar-refractivity contribution in [3.05, 3.63) is 69.6 Å². The van der Waals surface area contributed by atoms with Gasteiger partial charge in [-0.2, -0.15) is 0 Å². The standard InChI is InChI=1S/C24H22N4O3S/c1-15-4-2-5-18-22(15)25-14-28(23(18)30)10-3-6-21(29)27-24-26-19(13-32-24)16-7-8-20-17(12-16)9-11-31-20/h2,4-5,7-8,12-14H,3,6,9-11H2,1H3,(H,26,27,29). The first-order valence-electron chi connectivity index (χ1n) is 10.5. The summed E-state index contributed by atoms with van der Waals surface area (Å²) in [5.41, 5.74) is 4.66. The van der Waals surface area contributed by atoms with E-state index in [-0.39, 0.29) is 11.5 Å². The van der Waals surface area contributed by atoms with Gasteiger partial charge >= 0.3 is 0 Å². The number of hydrogen-bond acceptors (Lipinski definition) is 6. The normalized spacial score (nSPS) is 12.5. The van der Waals surface area contributed by atoms with Crippen LogP contribution in [0.25, 0.3) is 22.2 Å². The number of carbonyl (C=O) groups is 1. The van der Waals surface area contributed by atoms with Crippen molar-refractivity contribution in [2.45, 2.75) is 32.7 Å². The molecule has 0 saturated heterocycles. The molecule has 0 bridgehead atoms. The van der Waals surface area contributed by atoms with Crippen LogP contribution in [0.15, 0.2) is 52.9 Å². The van der Waals surface area contributed by atoms with E-state index in [0.717, 1.165) is 41.1 Å². The van der Waals surface area contributed by atoms with Gasteiger partial charge in [0.15, 0.2) is 5.13 Å². The number of carbonyl (C=O) groups excluding carboxylic acids is 1. The molecule has 1 aliphatic heterocycles. The van der Waals surface area contributed by atoms with Crippen molar-refractivity contribution in [2.24, 2.45) is 0 Å². The summed E-state index contributed by atoms with van der Waals surface area (Å²) in [6, 6.07) is 11.6. The van der Waals surface area contributed by atoms with E-state index in [4.69, 9.17) is 4.74 Å². The Morgan fingerprint density at radius 2 is 2.19 bits per heavy atom. The summed E-state index contributed by atoms with van der Waals surface area (Å²) in [5, 5.41) is 5.98. The fourth-order valence-corrected chi connectivity index (χ4v) is 4.63. The molecule has 1 N–H and O–H groups in total. The fraction of sp³-hybridized carbons (Fsp3) is 0.250. The van der Waals surface area contributed by atoms with E-state index in [1.807, 2.05) is 36.6 Å². The van der Waals surface area contributed by atoms with E-state index in [0.29, 0.717) is 29.9 Å². The van der Waals surface area contributed by atoms with Gasteiger partial charge in [0.1, 0.15) is 5.75 Å². The van der Waals surface area contributed by atoms with Crippen LogP contribution in [-0.4, -0.2) is 27.0 Å². The first kappa shape index (κ1) is 20.4. The predicted octanol–water partition coefficient (Wildman–Crippen LogP) is 4.18. The van der Waals surface area contributed by atoms with Gasteiger partial charge in [-0.25, -0.2) is 9.97 Å². The summed E-state index contributed by atoms with van der Waals surface area (Å²) >= 11 is 1.40. The second-order valence-electron chi connectivity index (χ2n) is 7.82. The van der Waals surface area contributed by atoms with Crippen LogP contribution in [0.4, 0.5) is 5.13 Å². The zero-order valence-corrected chi connectivity index (χ0v) is 18.4. The molecule has 0 unspecified atom stereocenters. The maximum absolute atomic E-state index is 12.7. The number of nitrogens with one attached hydrogen (secondary N) is 1. The van der Waals surface area contributed by atoms with Crippen LogP contribution in [0.5, 0.6) is 5.75 Å². The molecule has 0 atom stereocenters. The van der Waals surface area contributed by atoms with Crippen molar-refractivity contribution in [1.82, 2.24) is 14.5 Å². The number of aromatic nitrogens is 3. The lowest BCUT2D eigenvalue weighted by Gasteiger charge is -2.07. The van der Waals surface area contributed by atoms with Gasteiger partial charge in [0, 0.05) is 30.3 Å². The summed E-state index contributed by atoms with van der Waals surface area (Å²) in [4.78, 5) is 34.0.